The second-order valence-corrected chi connectivity index (χ2v) is 7.35. The van der Waals surface area contributed by atoms with Gasteiger partial charge in [-0.2, -0.15) is 0 Å². The zero-order chi connectivity index (χ0) is 17.0. The van der Waals surface area contributed by atoms with Crippen LogP contribution in [0.2, 0.25) is 0 Å². The number of aromatic carboxylic acids is 1. The number of carbonyl (C=O) groups is 2. The molecule has 1 aromatic rings. The Balaban J connectivity index is 1.95. The van der Waals surface area contributed by atoms with E-state index in [2.05, 4.69) is 5.32 Å². The maximum Gasteiger partial charge on any atom is 0.339 e. The Morgan fingerprint density at radius 3 is 2.70 bits per heavy atom. The van der Waals surface area contributed by atoms with E-state index in [1.807, 2.05) is 0 Å². The molecule has 9 heteroatoms. The summed E-state index contributed by atoms with van der Waals surface area (Å²) in [6.45, 7) is -0.400. The van der Waals surface area contributed by atoms with Crippen LogP contribution in [0, 0.1) is 0 Å². The van der Waals surface area contributed by atoms with Crippen LogP contribution in [0.3, 0.4) is 0 Å². The number of methoxy groups -OCH3 is 1. The number of nitrogens with one attached hydrogen (secondary N) is 1. The molecule has 0 spiro atoms. The van der Waals surface area contributed by atoms with E-state index in [0.717, 1.165) is 0 Å². The molecule has 2 N–H and O–H groups in total. The van der Waals surface area contributed by atoms with Gasteiger partial charge in [0.1, 0.15) is 17.1 Å². The first-order valence-corrected chi connectivity index (χ1v) is 8.67. The van der Waals surface area contributed by atoms with E-state index in [-0.39, 0.29) is 22.8 Å². The third-order valence-corrected chi connectivity index (χ3v) is 5.14. The molecule has 1 fully saturated rings. The van der Waals surface area contributed by atoms with Gasteiger partial charge in [0.15, 0.2) is 16.4 Å². The van der Waals surface area contributed by atoms with Crippen LogP contribution in [-0.4, -0.2) is 56.7 Å². The molecule has 0 unspecified atom stereocenters. The number of amides is 1. The molecule has 0 radical (unpaired) electrons. The van der Waals surface area contributed by atoms with Crippen LogP contribution in [0.25, 0.3) is 0 Å². The summed E-state index contributed by atoms with van der Waals surface area (Å²) in [6, 6.07) is 3.78. The smallest absolute Gasteiger partial charge is 0.339 e. The van der Waals surface area contributed by atoms with Crippen molar-refractivity contribution in [2.75, 3.05) is 25.2 Å². The summed E-state index contributed by atoms with van der Waals surface area (Å²) in [6.07, 6.45) is 0.372. The highest BCUT2D eigenvalue weighted by atomic mass is 32.2. The van der Waals surface area contributed by atoms with Crippen LogP contribution in [0.4, 0.5) is 0 Å². The minimum Gasteiger partial charge on any atom is -0.497 e. The fourth-order valence-corrected chi connectivity index (χ4v) is 3.92. The number of hydrogen-bond donors (Lipinski definition) is 2. The molecule has 2 rings (SSSR count). The molecule has 0 aromatic heterocycles. The van der Waals surface area contributed by atoms with Gasteiger partial charge < -0.3 is 19.9 Å². The van der Waals surface area contributed by atoms with Crippen molar-refractivity contribution in [1.29, 1.82) is 0 Å². The van der Waals surface area contributed by atoms with Crippen LogP contribution in [0.15, 0.2) is 18.2 Å². The highest BCUT2D eigenvalue weighted by Gasteiger charge is 2.29. The standard InChI is InChI=1S/C14H17NO7S/c1-21-10-2-3-12(11(6-10)14(17)18)22-7-13(16)15-9-4-5-23(19,20)8-9/h2-3,6,9H,4-5,7-8H2,1H3,(H,15,16)(H,17,18)/t9-/m1/s1. The Labute approximate surface area is 133 Å². The van der Waals surface area contributed by atoms with Gasteiger partial charge in [0, 0.05) is 6.04 Å². The molecule has 1 amide bonds. The lowest BCUT2D eigenvalue weighted by Gasteiger charge is -2.13. The number of carbonyl (C=O) groups excluding carboxylic acids is 1. The van der Waals surface area contributed by atoms with Gasteiger partial charge in [0.2, 0.25) is 0 Å². The van der Waals surface area contributed by atoms with E-state index < -0.39 is 34.4 Å². The van der Waals surface area contributed by atoms with Crippen LogP contribution in [0.5, 0.6) is 11.5 Å². The highest BCUT2D eigenvalue weighted by Crippen LogP contribution is 2.24. The summed E-state index contributed by atoms with van der Waals surface area (Å²) in [5, 5.41) is 11.7. The average molecular weight is 343 g/mol. The predicted octanol–water partition coefficient (Wildman–Crippen LogP) is 0.0755. The zero-order valence-corrected chi connectivity index (χ0v) is 13.3. The number of rotatable bonds is 6. The number of sulfone groups is 1. The van der Waals surface area contributed by atoms with Gasteiger partial charge >= 0.3 is 5.97 Å². The highest BCUT2D eigenvalue weighted by molar-refractivity contribution is 7.91. The number of benzene rings is 1. The SMILES string of the molecule is COc1ccc(OCC(=O)N[C@@H]2CCS(=O)(=O)C2)c(C(=O)O)c1. The average Bonchev–Trinajstić information content (AvgIpc) is 2.83. The quantitative estimate of drug-likeness (QED) is 0.750. The summed E-state index contributed by atoms with van der Waals surface area (Å²) in [4.78, 5) is 23.0. The predicted molar refractivity (Wildman–Crippen MR) is 80.6 cm³/mol. The van der Waals surface area contributed by atoms with Gasteiger partial charge in [-0.3, -0.25) is 4.79 Å². The minimum atomic E-state index is -3.08. The molecule has 8 nitrogen and oxygen atoms in total. The Hall–Kier alpha value is -2.29. The molecular weight excluding hydrogens is 326 g/mol. The van der Waals surface area contributed by atoms with Crippen LogP contribution in [-0.2, 0) is 14.6 Å². The van der Waals surface area contributed by atoms with Crippen molar-refractivity contribution in [2.45, 2.75) is 12.5 Å². The Kier molecular flexibility index (Phi) is 5.09. The Morgan fingerprint density at radius 1 is 1.39 bits per heavy atom. The molecule has 1 aliphatic rings. The van der Waals surface area contributed by atoms with E-state index in [1.165, 1.54) is 25.3 Å². The second kappa shape index (κ2) is 6.86. The van der Waals surface area contributed by atoms with Gasteiger partial charge in [-0.15, -0.1) is 0 Å². The largest absolute Gasteiger partial charge is 0.497 e. The lowest BCUT2D eigenvalue weighted by Crippen LogP contribution is -2.38. The monoisotopic (exact) mass is 343 g/mol. The van der Waals surface area contributed by atoms with E-state index in [4.69, 9.17) is 14.6 Å². The Morgan fingerprint density at radius 2 is 2.13 bits per heavy atom. The summed E-state index contributed by atoms with van der Waals surface area (Å²) in [5.41, 5.74) is -0.124. The first-order chi connectivity index (χ1) is 10.8. The summed E-state index contributed by atoms with van der Waals surface area (Å²) < 4.78 is 32.8. The van der Waals surface area contributed by atoms with Crippen molar-refractivity contribution >= 4 is 21.7 Å². The first-order valence-electron chi connectivity index (χ1n) is 6.84. The third-order valence-electron chi connectivity index (χ3n) is 3.37. The molecule has 0 saturated carbocycles. The zero-order valence-electron chi connectivity index (χ0n) is 12.4. The van der Waals surface area contributed by atoms with Crippen molar-refractivity contribution in [2.24, 2.45) is 0 Å². The van der Waals surface area contributed by atoms with Crippen LogP contribution in [0.1, 0.15) is 16.8 Å². The van der Waals surface area contributed by atoms with Gasteiger partial charge in [-0.25, -0.2) is 13.2 Å². The van der Waals surface area contributed by atoms with Crippen LogP contribution < -0.4 is 14.8 Å². The van der Waals surface area contributed by atoms with Crippen molar-refractivity contribution in [3.05, 3.63) is 23.8 Å². The number of ether oxygens (including phenoxy) is 2. The van der Waals surface area contributed by atoms with Crippen molar-refractivity contribution in [3.63, 3.8) is 0 Å². The number of carboxylic acid groups (broad SMARTS) is 1. The lowest BCUT2D eigenvalue weighted by atomic mass is 10.2. The Bertz CT molecular complexity index is 714. The van der Waals surface area contributed by atoms with Crippen LogP contribution >= 0.6 is 0 Å². The number of hydrogen-bond acceptors (Lipinski definition) is 6. The number of carboxylic acids is 1. The molecule has 1 aliphatic heterocycles. The summed E-state index contributed by atoms with van der Waals surface area (Å²) >= 11 is 0. The molecule has 1 atom stereocenters. The summed E-state index contributed by atoms with van der Waals surface area (Å²) in [5.74, 6) is -1.34. The maximum absolute atomic E-state index is 11.8. The minimum absolute atomic E-state index is 0.0347. The fraction of sp³-hybridized carbons (Fsp3) is 0.429. The van der Waals surface area contributed by atoms with Gasteiger partial charge in [0.25, 0.3) is 5.91 Å². The molecule has 0 bridgehead atoms. The van der Waals surface area contributed by atoms with Crippen molar-refractivity contribution in [3.8, 4) is 11.5 Å². The molecule has 23 heavy (non-hydrogen) atoms. The molecular formula is C14H17NO7S. The van der Waals surface area contributed by atoms with Gasteiger partial charge in [-0.1, -0.05) is 0 Å². The lowest BCUT2D eigenvalue weighted by molar-refractivity contribution is -0.123. The van der Waals surface area contributed by atoms with E-state index >= 15 is 0 Å². The first kappa shape index (κ1) is 17.1. The third kappa shape index (κ3) is 4.59. The maximum atomic E-state index is 11.8. The van der Waals surface area contributed by atoms with Gasteiger partial charge in [0.05, 0.1) is 18.6 Å². The molecule has 1 aromatic carbocycles. The van der Waals surface area contributed by atoms with E-state index in [1.54, 1.807) is 0 Å². The molecule has 1 saturated heterocycles. The van der Waals surface area contributed by atoms with Crippen molar-refractivity contribution < 1.29 is 32.6 Å². The van der Waals surface area contributed by atoms with E-state index in [0.29, 0.717) is 12.2 Å². The second-order valence-electron chi connectivity index (χ2n) is 5.12. The molecule has 1 heterocycles. The molecule has 126 valence electrons. The fourth-order valence-electron chi connectivity index (χ4n) is 2.25. The molecule has 0 aliphatic carbocycles. The van der Waals surface area contributed by atoms with Crippen molar-refractivity contribution in [1.82, 2.24) is 5.32 Å². The summed E-state index contributed by atoms with van der Waals surface area (Å²) in [7, 11) is -1.67. The van der Waals surface area contributed by atoms with E-state index in [9.17, 15) is 18.0 Å². The topological polar surface area (TPSA) is 119 Å². The normalized spacial score (nSPS) is 19.1. The van der Waals surface area contributed by atoms with Gasteiger partial charge in [-0.05, 0) is 24.6 Å².